The number of amides is 1. The van der Waals surface area contributed by atoms with Gasteiger partial charge in [-0.05, 0) is 26.0 Å². The number of benzene rings is 1. The van der Waals surface area contributed by atoms with E-state index in [0.717, 1.165) is 17.0 Å². The van der Waals surface area contributed by atoms with E-state index in [1.54, 1.807) is 13.8 Å². The highest BCUT2D eigenvalue weighted by Gasteiger charge is 2.21. The molecule has 1 amide bonds. The van der Waals surface area contributed by atoms with E-state index in [9.17, 15) is 13.6 Å². The lowest BCUT2D eigenvalue weighted by Gasteiger charge is -2.23. The van der Waals surface area contributed by atoms with E-state index in [-0.39, 0.29) is 5.69 Å². The molecule has 1 N–H and O–H groups in total. The number of carbonyl (C=O) groups is 1. The van der Waals surface area contributed by atoms with E-state index in [1.165, 1.54) is 0 Å². The first-order valence-corrected chi connectivity index (χ1v) is 4.40. The molecule has 0 saturated carbocycles. The molecule has 0 aliphatic carbocycles. The van der Waals surface area contributed by atoms with Gasteiger partial charge in [0.1, 0.15) is 11.6 Å². The fraction of sp³-hybridized carbons (Fsp3) is 0.300. The molecule has 0 unspecified atom stereocenters. The van der Waals surface area contributed by atoms with Gasteiger partial charge < -0.3 is 5.11 Å². The van der Waals surface area contributed by atoms with Crippen molar-refractivity contribution in [3.8, 4) is 0 Å². The molecule has 3 nitrogen and oxygen atoms in total. The first-order valence-electron chi connectivity index (χ1n) is 4.40. The van der Waals surface area contributed by atoms with Crippen molar-refractivity contribution in [1.29, 1.82) is 0 Å². The minimum Gasteiger partial charge on any atom is -0.465 e. The second-order valence-electron chi connectivity index (χ2n) is 3.34. The van der Waals surface area contributed by atoms with Crippen LogP contribution in [-0.4, -0.2) is 17.2 Å². The molecule has 0 radical (unpaired) electrons. The fourth-order valence-corrected chi connectivity index (χ4v) is 1.28. The van der Waals surface area contributed by atoms with Gasteiger partial charge in [-0.25, -0.2) is 13.6 Å². The van der Waals surface area contributed by atoms with Crippen molar-refractivity contribution in [1.82, 2.24) is 0 Å². The average molecular weight is 215 g/mol. The first kappa shape index (κ1) is 11.4. The minimum absolute atomic E-state index is 0.140. The van der Waals surface area contributed by atoms with Crippen LogP contribution in [0.25, 0.3) is 0 Å². The highest BCUT2D eigenvalue weighted by molar-refractivity contribution is 5.86. The zero-order valence-corrected chi connectivity index (χ0v) is 8.37. The van der Waals surface area contributed by atoms with Crippen molar-refractivity contribution in [2.45, 2.75) is 19.9 Å². The Labute approximate surface area is 85.9 Å². The standard InChI is InChI=1S/C10H11F2NO2/c1-6(2)13(10(14)15)9-4-3-7(11)5-8(9)12/h3-6H,1-2H3,(H,14,15). The highest BCUT2D eigenvalue weighted by atomic mass is 19.1. The molecule has 0 atom stereocenters. The van der Waals surface area contributed by atoms with Crippen molar-refractivity contribution in [2.75, 3.05) is 4.90 Å². The summed E-state index contributed by atoms with van der Waals surface area (Å²) in [5.41, 5.74) is -0.140. The lowest BCUT2D eigenvalue weighted by Crippen LogP contribution is -2.36. The predicted octanol–water partition coefficient (Wildman–Crippen LogP) is 2.86. The molecular weight excluding hydrogens is 204 g/mol. The van der Waals surface area contributed by atoms with Crippen LogP contribution in [0.3, 0.4) is 0 Å². The largest absolute Gasteiger partial charge is 0.465 e. The molecule has 0 aromatic heterocycles. The number of hydrogen-bond donors (Lipinski definition) is 1. The third kappa shape index (κ3) is 2.43. The minimum atomic E-state index is -1.27. The molecule has 0 fully saturated rings. The number of anilines is 1. The maximum absolute atomic E-state index is 13.3. The Balaban J connectivity index is 3.17. The Morgan fingerprint density at radius 1 is 1.40 bits per heavy atom. The van der Waals surface area contributed by atoms with Gasteiger partial charge in [0.15, 0.2) is 0 Å². The first-order chi connectivity index (χ1) is 6.93. The molecule has 0 heterocycles. The molecule has 0 spiro atoms. The average Bonchev–Trinajstić information content (AvgIpc) is 2.08. The van der Waals surface area contributed by atoms with Crippen molar-refractivity contribution < 1.29 is 18.7 Å². The second kappa shape index (κ2) is 4.25. The fourth-order valence-electron chi connectivity index (χ4n) is 1.28. The van der Waals surface area contributed by atoms with Gasteiger partial charge in [0, 0.05) is 12.1 Å². The van der Waals surface area contributed by atoms with Gasteiger partial charge in [-0.3, -0.25) is 4.90 Å². The van der Waals surface area contributed by atoms with Gasteiger partial charge in [-0.15, -0.1) is 0 Å². The Kier molecular flexibility index (Phi) is 3.24. The Morgan fingerprint density at radius 3 is 2.40 bits per heavy atom. The summed E-state index contributed by atoms with van der Waals surface area (Å²) in [4.78, 5) is 11.7. The molecule has 0 aliphatic rings. The van der Waals surface area contributed by atoms with Crippen molar-refractivity contribution >= 4 is 11.8 Å². The van der Waals surface area contributed by atoms with E-state index in [4.69, 9.17) is 5.11 Å². The molecule has 82 valence electrons. The van der Waals surface area contributed by atoms with Crippen molar-refractivity contribution in [3.63, 3.8) is 0 Å². The van der Waals surface area contributed by atoms with Gasteiger partial charge in [0.05, 0.1) is 5.69 Å². The lowest BCUT2D eigenvalue weighted by atomic mass is 10.2. The zero-order chi connectivity index (χ0) is 11.6. The van der Waals surface area contributed by atoms with Crippen LogP contribution in [0, 0.1) is 11.6 Å². The van der Waals surface area contributed by atoms with E-state index >= 15 is 0 Å². The van der Waals surface area contributed by atoms with Crippen LogP contribution in [0.1, 0.15) is 13.8 Å². The van der Waals surface area contributed by atoms with Crippen LogP contribution in [0.5, 0.6) is 0 Å². The van der Waals surface area contributed by atoms with Crippen LogP contribution in [-0.2, 0) is 0 Å². The monoisotopic (exact) mass is 215 g/mol. The molecule has 0 bridgehead atoms. The van der Waals surface area contributed by atoms with Crippen molar-refractivity contribution in [3.05, 3.63) is 29.8 Å². The Bertz CT molecular complexity index is 380. The molecule has 1 aromatic carbocycles. The molecule has 0 aliphatic heterocycles. The number of hydrogen-bond acceptors (Lipinski definition) is 1. The number of rotatable bonds is 2. The third-order valence-corrected chi connectivity index (χ3v) is 1.89. The van der Waals surface area contributed by atoms with Gasteiger partial charge in [-0.2, -0.15) is 0 Å². The molecule has 15 heavy (non-hydrogen) atoms. The lowest BCUT2D eigenvalue weighted by molar-refractivity contribution is 0.199. The maximum atomic E-state index is 13.3. The van der Waals surface area contributed by atoms with Gasteiger partial charge in [-0.1, -0.05) is 0 Å². The van der Waals surface area contributed by atoms with Gasteiger partial charge >= 0.3 is 6.09 Å². The second-order valence-corrected chi connectivity index (χ2v) is 3.34. The summed E-state index contributed by atoms with van der Waals surface area (Å²) in [6, 6.07) is 2.38. The predicted molar refractivity (Wildman–Crippen MR) is 52.0 cm³/mol. The summed E-state index contributed by atoms with van der Waals surface area (Å²) in [6.07, 6.45) is -1.27. The summed E-state index contributed by atoms with van der Waals surface area (Å²) in [5, 5.41) is 8.86. The molecule has 1 rings (SSSR count). The molecule has 0 saturated heterocycles. The third-order valence-electron chi connectivity index (χ3n) is 1.89. The molecule has 1 aromatic rings. The Hall–Kier alpha value is -1.65. The van der Waals surface area contributed by atoms with Gasteiger partial charge in [0.25, 0.3) is 0 Å². The van der Waals surface area contributed by atoms with Crippen LogP contribution in [0.2, 0.25) is 0 Å². The van der Waals surface area contributed by atoms with E-state index in [2.05, 4.69) is 0 Å². The summed E-state index contributed by atoms with van der Waals surface area (Å²) >= 11 is 0. The van der Waals surface area contributed by atoms with E-state index in [1.807, 2.05) is 0 Å². The van der Waals surface area contributed by atoms with Crippen LogP contribution in [0.4, 0.5) is 19.3 Å². The normalized spacial score (nSPS) is 10.5. The number of carboxylic acid groups (broad SMARTS) is 1. The van der Waals surface area contributed by atoms with E-state index < -0.39 is 23.8 Å². The smallest absolute Gasteiger partial charge is 0.412 e. The molecule has 5 heteroatoms. The summed E-state index contributed by atoms with van der Waals surface area (Å²) < 4.78 is 25.9. The van der Waals surface area contributed by atoms with Crippen LogP contribution in [0.15, 0.2) is 18.2 Å². The topological polar surface area (TPSA) is 40.5 Å². The highest BCUT2D eigenvalue weighted by Crippen LogP contribution is 2.22. The van der Waals surface area contributed by atoms with Gasteiger partial charge in [0.2, 0.25) is 0 Å². The number of halogens is 2. The SMILES string of the molecule is CC(C)N(C(=O)O)c1ccc(F)cc1F. The summed E-state index contributed by atoms with van der Waals surface area (Å²) in [6.45, 7) is 3.22. The number of nitrogens with zero attached hydrogens (tertiary/aromatic N) is 1. The quantitative estimate of drug-likeness (QED) is 0.824. The van der Waals surface area contributed by atoms with Crippen LogP contribution < -0.4 is 4.90 Å². The van der Waals surface area contributed by atoms with Crippen molar-refractivity contribution in [2.24, 2.45) is 0 Å². The summed E-state index contributed by atoms with van der Waals surface area (Å²) in [7, 11) is 0. The Morgan fingerprint density at radius 2 is 2.00 bits per heavy atom. The maximum Gasteiger partial charge on any atom is 0.412 e. The zero-order valence-electron chi connectivity index (χ0n) is 8.37. The van der Waals surface area contributed by atoms with E-state index in [0.29, 0.717) is 6.07 Å². The summed E-state index contributed by atoms with van der Waals surface area (Å²) in [5.74, 6) is -1.61. The molecular formula is C10H11F2NO2. The van der Waals surface area contributed by atoms with Crippen LogP contribution >= 0.6 is 0 Å².